The van der Waals surface area contributed by atoms with Crippen LogP contribution in [0, 0.1) is 11.6 Å². The van der Waals surface area contributed by atoms with Crippen LogP contribution in [0.3, 0.4) is 0 Å². The van der Waals surface area contributed by atoms with Gasteiger partial charge in [-0.15, -0.1) is 0 Å². The van der Waals surface area contributed by atoms with Gasteiger partial charge in [-0.1, -0.05) is 5.16 Å². The maximum absolute atomic E-state index is 15.5. The summed E-state index contributed by atoms with van der Waals surface area (Å²) in [7, 11) is 1.40. The molecule has 1 aromatic carbocycles. The van der Waals surface area contributed by atoms with E-state index in [1.54, 1.807) is 13.8 Å². The number of pyridine rings is 1. The number of carbonyl (C=O) groups is 1. The molecule has 3 rings (SSSR count). The number of rotatable bonds is 4. The Hall–Kier alpha value is -3.01. The van der Waals surface area contributed by atoms with Gasteiger partial charge in [0.1, 0.15) is 24.2 Å². The second-order valence-electron chi connectivity index (χ2n) is 7.19. The average molecular weight is 408 g/mol. The van der Waals surface area contributed by atoms with Crippen LogP contribution in [0.2, 0.25) is 0 Å². The molecule has 1 aliphatic rings. The van der Waals surface area contributed by atoms with Crippen molar-refractivity contribution in [1.29, 1.82) is 0 Å². The first-order valence-electron chi connectivity index (χ1n) is 9.05. The molecule has 3 N–H and O–H groups in total. The van der Waals surface area contributed by atoms with Gasteiger partial charge in [-0.2, -0.15) is 0 Å². The smallest absolute Gasteiger partial charge is 0.341 e. The third-order valence-electron chi connectivity index (χ3n) is 5.12. The van der Waals surface area contributed by atoms with Crippen molar-refractivity contribution in [2.24, 2.45) is 10.9 Å². The summed E-state index contributed by atoms with van der Waals surface area (Å²) in [5, 5.41) is 12.8. The fraction of sp³-hybridized carbons (Fsp3) is 0.421. The first-order valence-corrected chi connectivity index (χ1v) is 9.05. The molecule has 0 bridgehead atoms. The zero-order chi connectivity index (χ0) is 21.5. The van der Waals surface area contributed by atoms with Crippen LogP contribution in [-0.4, -0.2) is 47.1 Å². The molecule has 2 aromatic rings. The minimum absolute atomic E-state index is 0.0815. The highest BCUT2D eigenvalue weighted by molar-refractivity contribution is 5.96. The number of nitrogens with zero attached hydrogens (tertiary/aromatic N) is 3. The Labute approximate surface area is 165 Å². The Morgan fingerprint density at radius 2 is 2.14 bits per heavy atom. The van der Waals surface area contributed by atoms with Gasteiger partial charge in [-0.05, 0) is 19.9 Å². The molecule has 29 heavy (non-hydrogen) atoms. The van der Waals surface area contributed by atoms with E-state index >= 15 is 4.39 Å². The average Bonchev–Trinajstić information content (AvgIpc) is 2.64. The van der Waals surface area contributed by atoms with E-state index in [0.29, 0.717) is 12.1 Å². The van der Waals surface area contributed by atoms with Gasteiger partial charge in [0.15, 0.2) is 5.82 Å². The van der Waals surface area contributed by atoms with Crippen LogP contribution in [0.25, 0.3) is 10.9 Å². The molecule has 0 aliphatic carbocycles. The molecule has 0 spiro atoms. The number of hydrogen-bond acceptors (Lipinski definition) is 6. The van der Waals surface area contributed by atoms with Crippen molar-refractivity contribution in [3.8, 4) is 0 Å². The Morgan fingerprint density at radius 3 is 2.69 bits per heavy atom. The molecule has 1 atom stereocenters. The molecule has 8 nitrogen and oxygen atoms in total. The first kappa shape index (κ1) is 20.7. The Morgan fingerprint density at radius 1 is 1.45 bits per heavy atom. The van der Waals surface area contributed by atoms with Crippen molar-refractivity contribution < 1.29 is 23.5 Å². The van der Waals surface area contributed by atoms with E-state index in [1.807, 2.05) is 0 Å². The van der Waals surface area contributed by atoms with E-state index in [2.05, 4.69) is 5.16 Å². The number of carboxylic acid groups (broad SMARTS) is 1. The third-order valence-corrected chi connectivity index (χ3v) is 5.12. The van der Waals surface area contributed by atoms with Crippen LogP contribution in [0.5, 0.6) is 0 Å². The molecule has 1 unspecified atom stereocenters. The van der Waals surface area contributed by atoms with E-state index in [0.717, 1.165) is 12.3 Å². The molecule has 156 valence electrons. The van der Waals surface area contributed by atoms with Gasteiger partial charge in [0.2, 0.25) is 5.43 Å². The molecule has 1 saturated heterocycles. The van der Waals surface area contributed by atoms with Crippen molar-refractivity contribution in [2.45, 2.75) is 32.4 Å². The number of fused-ring (bicyclic) bond motifs is 1. The number of carboxylic acids is 1. The summed E-state index contributed by atoms with van der Waals surface area (Å²) in [5.74, 6) is -3.34. The predicted octanol–water partition coefficient (Wildman–Crippen LogP) is 1.93. The zero-order valence-corrected chi connectivity index (χ0v) is 16.3. The first-order chi connectivity index (χ1) is 13.6. The number of anilines is 1. The second-order valence-corrected chi connectivity index (χ2v) is 7.19. The molecule has 1 fully saturated rings. The maximum atomic E-state index is 15.5. The van der Waals surface area contributed by atoms with Gasteiger partial charge < -0.3 is 25.1 Å². The summed E-state index contributed by atoms with van der Waals surface area (Å²) in [6.45, 7) is 3.88. The number of aromatic carboxylic acids is 1. The molecule has 0 radical (unpaired) electrons. The highest BCUT2D eigenvalue weighted by atomic mass is 19.1. The third kappa shape index (κ3) is 3.44. The van der Waals surface area contributed by atoms with E-state index in [4.69, 9.17) is 10.6 Å². The fourth-order valence-electron chi connectivity index (χ4n) is 3.71. The molecule has 2 heterocycles. The van der Waals surface area contributed by atoms with E-state index in [9.17, 15) is 19.1 Å². The number of aryl methyl sites for hydroxylation is 1. The van der Waals surface area contributed by atoms with E-state index in [-0.39, 0.29) is 36.2 Å². The summed E-state index contributed by atoms with van der Waals surface area (Å²) in [6, 6.07) is 0.890. The van der Waals surface area contributed by atoms with Crippen molar-refractivity contribution in [3.63, 3.8) is 0 Å². The monoisotopic (exact) mass is 408 g/mol. The largest absolute Gasteiger partial charge is 0.477 e. The van der Waals surface area contributed by atoms with Gasteiger partial charge in [-0.25, -0.2) is 13.6 Å². The molecule has 0 amide bonds. The molecular formula is C19H22F2N4O4. The Bertz CT molecular complexity index is 1080. The van der Waals surface area contributed by atoms with Gasteiger partial charge in [-0.3, -0.25) is 4.79 Å². The topological polar surface area (TPSA) is 110 Å². The lowest BCUT2D eigenvalue weighted by Gasteiger charge is -2.40. The van der Waals surface area contributed by atoms with Crippen LogP contribution in [0.1, 0.15) is 30.6 Å². The quantitative estimate of drug-likeness (QED) is 0.748. The lowest BCUT2D eigenvalue weighted by atomic mass is 9.89. The minimum Gasteiger partial charge on any atom is -0.477 e. The zero-order valence-electron chi connectivity index (χ0n) is 16.3. The van der Waals surface area contributed by atoms with E-state index < -0.39 is 34.1 Å². The lowest BCUT2D eigenvalue weighted by Crippen LogP contribution is -2.59. The van der Waals surface area contributed by atoms with Crippen LogP contribution >= 0.6 is 0 Å². The van der Waals surface area contributed by atoms with Crippen molar-refractivity contribution in [2.75, 3.05) is 25.1 Å². The van der Waals surface area contributed by atoms with Crippen LogP contribution < -0.4 is 16.1 Å². The SMILES string of the molecule is CCn1cc(C(=O)O)c(=O)c2cc(F)c(N3CC/C(=N/OC)C(C)(N)C3)c(F)c21. The molecule has 0 saturated carbocycles. The number of piperidine rings is 1. The normalized spacial score (nSPS) is 21.0. The number of oxime groups is 1. The van der Waals surface area contributed by atoms with Crippen molar-refractivity contribution >= 4 is 28.3 Å². The summed E-state index contributed by atoms with van der Waals surface area (Å²) < 4.78 is 31.7. The van der Waals surface area contributed by atoms with Crippen LogP contribution in [0.15, 0.2) is 22.2 Å². The predicted molar refractivity (Wildman–Crippen MR) is 105 cm³/mol. The van der Waals surface area contributed by atoms with Gasteiger partial charge in [0, 0.05) is 32.3 Å². The number of halogens is 2. The highest BCUT2D eigenvalue weighted by Crippen LogP contribution is 2.33. The van der Waals surface area contributed by atoms with Gasteiger partial charge >= 0.3 is 5.97 Å². The number of benzene rings is 1. The molecule has 1 aromatic heterocycles. The minimum atomic E-state index is -1.45. The summed E-state index contributed by atoms with van der Waals surface area (Å²) in [5.41, 5.74) is 3.94. The standard InChI is InChI=1S/C19H22F2N4O4/c1-4-24-8-11(18(27)28)17(26)10-7-12(20)16(14(21)15(10)24)25-6-5-13(23-29-3)19(2,22)9-25/h7-8H,4-6,9,22H2,1-3H3,(H,27,28)/b23-13-. The molecule has 10 heteroatoms. The number of nitrogens with two attached hydrogens (primary N) is 1. The van der Waals surface area contributed by atoms with Crippen molar-refractivity contribution in [3.05, 3.63) is 39.7 Å². The van der Waals surface area contributed by atoms with Crippen molar-refractivity contribution in [1.82, 2.24) is 4.57 Å². The number of aromatic nitrogens is 1. The van der Waals surface area contributed by atoms with Crippen LogP contribution in [0.4, 0.5) is 14.5 Å². The van der Waals surface area contributed by atoms with Crippen LogP contribution in [-0.2, 0) is 11.4 Å². The van der Waals surface area contributed by atoms with Gasteiger partial charge in [0.25, 0.3) is 0 Å². The second kappa shape index (κ2) is 7.43. The summed E-state index contributed by atoms with van der Waals surface area (Å²) >= 11 is 0. The Balaban J connectivity index is 2.21. The van der Waals surface area contributed by atoms with Gasteiger partial charge in [0.05, 0.1) is 22.2 Å². The highest BCUT2D eigenvalue weighted by Gasteiger charge is 2.36. The molecule has 1 aliphatic heterocycles. The summed E-state index contributed by atoms with van der Waals surface area (Å²) in [4.78, 5) is 30.0. The lowest BCUT2D eigenvalue weighted by molar-refractivity contribution is 0.0694. The fourth-order valence-corrected chi connectivity index (χ4v) is 3.71. The Kier molecular flexibility index (Phi) is 5.31. The number of hydrogen-bond donors (Lipinski definition) is 2. The van der Waals surface area contributed by atoms with E-state index in [1.165, 1.54) is 16.6 Å². The maximum Gasteiger partial charge on any atom is 0.341 e. The summed E-state index contributed by atoms with van der Waals surface area (Å²) in [6.07, 6.45) is 1.42. The molecular weight excluding hydrogens is 386 g/mol.